The molecule has 0 fully saturated rings. The molecule has 0 spiro atoms. The molecule has 0 unspecified atom stereocenters. The fourth-order valence-electron chi connectivity index (χ4n) is 2.48. The number of alkyl halides is 3. The molecule has 0 radical (unpaired) electrons. The zero-order valence-electron chi connectivity index (χ0n) is 15.7. The number of nitrogens with one attached hydrogen (secondary N) is 2. The molecule has 0 atom stereocenters. The zero-order valence-corrected chi connectivity index (χ0v) is 16.6. The number of hydrogen-bond donors (Lipinski definition) is 2. The van der Waals surface area contributed by atoms with Crippen LogP contribution in [0.4, 0.5) is 28.9 Å². The Hall–Kier alpha value is -3.40. The van der Waals surface area contributed by atoms with Gasteiger partial charge in [0.25, 0.3) is 5.91 Å². The number of pyridine rings is 1. The lowest BCUT2D eigenvalue weighted by Gasteiger charge is -2.11. The third-order valence-corrected chi connectivity index (χ3v) is 4.91. The average molecular weight is 449 g/mol. The number of hydrogen-bond acceptors (Lipinski definition) is 4. The highest BCUT2D eigenvalue weighted by Crippen LogP contribution is 2.29. The van der Waals surface area contributed by atoms with Gasteiger partial charge in [-0.15, -0.1) is 0 Å². The summed E-state index contributed by atoms with van der Waals surface area (Å²) in [5.74, 6) is -1.52. The summed E-state index contributed by atoms with van der Waals surface area (Å²) >= 11 is 0.959. The van der Waals surface area contributed by atoms with Crippen LogP contribution < -0.4 is 10.6 Å². The molecule has 5 nitrogen and oxygen atoms in total. The lowest BCUT2D eigenvalue weighted by Crippen LogP contribution is -2.19. The lowest BCUT2D eigenvalue weighted by atomic mass is 10.1. The Morgan fingerprint density at radius 1 is 0.935 bits per heavy atom. The third-order valence-electron chi connectivity index (χ3n) is 3.96. The molecule has 3 aromatic rings. The number of para-hydroxylation sites is 1. The van der Waals surface area contributed by atoms with E-state index in [2.05, 4.69) is 15.6 Å². The van der Waals surface area contributed by atoms with Crippen LogP contribution in [0.15, 0.2) is 71.9 Å². The van der Waals surface area contributed by atoms with E-state index >= 15 is 0 Å². The van der Waals surface area contributed by atoms with E-state index in [1.807, 2.05) is 0 Å². The Morgan fingerprint density at radius 3 is 2.29 bits per heavy atom. The van der Waals surface area contributed by atoms with Gasteiger partial charge in [0, 0.05) is 11.9 Å². The Labute approximate surface area is 178 Å². The van der Waals surface area contributed by atoms with Crippen LogP contribution in [0.1, 0.15) is 15.9 Å². The molecule has 0 aliphatic rings. The van der Waals surface area contributed by atoms with E-state index in [0.29, 0.717) is 11.9 Å². The standard InChI is InChI=1S/C21H15F4N3O2S/c22-14-6-8-15(9-7-14)27-20(30)16-3-1-2-4-17(16)28-18(29)12-31-19-10-5-13(11-26-19)21(23,24)25/h1-11H,12H2,(H,27,30)(H,28,29). The van der Waals surface area contributed by atoms with Crippen molar-refractivity contribution in [3.05, 3.63) is 83.8 Å². The maximum atomic E-state index is 13.0. The third kappa shape index (κ3) is 6.29. The minimum Gasteiger partial charge on any atom is -0.325 e. The van der Waals surface area contributed by atoms with Crippen molar-refractivity contribution in [1.29, 1.82) is 0 Å². The van der Waals surface area contributed by atoms with Crippen molar-refractivity contribution in [3.63, 3.8) is 0 Å². The molecule has 0 aliphatic carbocycles. The molecule has 10 heteroatoms. The number of rotatable bonds is 6. The molecule has 0 aliphatic heterocycles. The van der Waals surface area contributed by atoms with Gasteiger partial charge >= 0.3 is 6.18 Å². The Bertz CT molecular complexity index is 1070. The number of carbonyl (C=O) groups excluding carboxylic acids is 2. The van der Waals surface area contributed by atoms with Crippen molar-refractivity contribution >= 4 is 35.0 Å². The zero-order chi connectivity index (χ0) is 22.4. The molecule has 2 N–H and O–H groups in total. The summed E-state index contributed by atoms with van der Waals surface area (Å²) in [5.41, 5.74) is -0.0372. The van der Waals surface area contributed by atoms with Crippen LogP contribution >= 0.6 is 11.8 Å². The highest BCUT2D eigenvalue weighted by Gasteiger charge is 2.30. The first-order valence-electron chi connectivity index (χ1n) is 8.84. The Kier molecular flexibility index (Phi) is 6.91. The van der Waals surface area contributed by atoms with E-state index < -0.39 is 29.4 Å². The summed E-state index contributed by atoms with van der Waals surface area (Å²) in [6.45, 7) is 0. The van der Waals surface area contributed by atoms with Gasteiger partial charge in [0.2, 0.25) is 5.91 Å². The molecule has 31 heavy (non-hydrogen) atoms. The molecular formula is C21H15F4N3O2S. The van der Waals surface area contributed by atoms with Crippen molar-refractivity contribution in [2.45, 2.75) is 11.2 Å². The van der Waals surface area contributed by atoms with Crippen LogP contribution in [0.3, 0.4) is 0 Å². The highest BCUT2D eigenvalue weighted by atomic mass is 32.2. The van der Waals surface area contributed by atoms with Crippen molar-refractivity contribution in [2.75, 3.05) is 16.4 Å². The minimum atomic E-state index is -4.48. The minimum absolute atomic E-state index is 0.119. The second kappa shape index (κ2) is 9.61. The van der Waals surface area contributed by atoms with Gasteiger partial charge in [-0.1, -0.05) is 23.9 Å². The Morgan fingerprint density at radius 2 is 1.65 bits per heavy atom. The molecule has 3 rings (SSSR count). The van der Waals surface area contributed by atoms with E-state index in [1.165, 1.54) is 36.4 Å². The van der Waals surface area contributed by atoms with Crippen LogP contribution in [0.25, 0.3) is 0 Å². The fraction of sp³-hybridized carbons (Fsp3) is 0.0952. The van der Waals surface area contributed by atoms with Crippen molar-refractivity contribution in [3.8, 4) is 0 Å². The van der Waals surface area contributed by atoms with E-state index in [9.17, 15) is 27.2 Å². The lowest BCUT2D eigenvalue weighted by molar-refractivity contribution is -0.137. The predicted molar refractivity (Wildman–Crippen MR) is 109 cm³/mol. The number of thioether (sulfide) groups is 1. The molecule has 1 heterocycles. The summed E-state index contributed by atoms with van der Waals surface area (Å²) in [6, 6.07) is 13.6. The van der Waals surface area contributed by atoms with E-state index in [1.54, 1.807) is 18.2 Å². The molecule has 2 amide bonds. The maximum Gasteiger partial charge on any atom is 0.417 e. The van der Waals surface area contributed by atoms with E-state index in [-0.39, 0.29) is 22.0 Å². The maximum absolute atomic E-state index is 13.0. The first-order valence-corrected chi connectivity index (χ1v) is 9.83. The monoisotopic (exact) mass is 449 g/mol. The number of carbonyl (C=O) groups is 2. The molecule has 1 aromatic heterocycles. The molecule has 0 bridgehead atoms. The SMILES string of the molecule is O=C(CSc1ccc(C(F)(F)F)cn1)Nc1ccccc1C(=O)Nc1ccc(F)cc1. The van der Waals surface area contributed by atoms with Gasteiger partial charge in [-0.05, 0) is 48.5 Å². The molecule has 0 saturated carbocycles. The normalized spacial score (nSPS) is 11.1. The van der Waals surface area contributed by atoms with Crippen molar-refractivity contribution in [2.24, 2.45) is 0 Å². The first kappa shape index (κ1) is 22.3. The van der Waals surface area contributed by atoms with Gasteiger partial charge in [0.1, 0.15) is 5.82 Å². The molecule has 2 aromatic carbocycles. The second-order valence-corrected chi connectivity index (χ2v) is 7.22. The number of aromatic nitrogens is 1. The molecule has 0 saturated heterocycles. The molecular weight excluding hydrogens is 434 g/mol. The summed E-state index contributed by atoms with van der Waals surface area (Å²) < 4.78 is 50.7. The summed E-state index contributed by atoms with van der Waals surface area (Å²) in [4.78, 5) is 28.5. The van der Waals surface area contributed by atoms with Crippen molar-refractivity contribution in [1.82, 2.24) is 4.98 Å². The smallest absolute Gasteiger partial charge is 0.325 e. The number of nitrogens with zero attached hydrogens (tertiary/aromatic N) is 1. The summed E-state index contributed by atoms with van der Waals surface area (Å²) in [6.07, 6.45) is -3.78. The van der Waals surface area contributed by atoms with Gasteiger partial charge in [-0.25, -0.2) is 9.37 Å². The van der Waals surface area contributed by atoms with Crippen molar-refractivity contribution < 1.29 is 27.2 Å². The van der Waals surface area contributed by atoms with Crippen LogP contribution in [-0.4, -0.2) is 22.6 Å². The van der Waals surface area contributed by atoms with Gasteiger partial charge in [0.05, 0.1) is 27.6 Å². The summed E-state index contributed by atoms with van der Waals surface area (Å²) in [5, 5.41) is 5.47. The quantitative estimate of drug-likeness (QED) is 0.400. The van der Waals surface area contributed by atoms with E-state index in [0.717, 1.165) is 17.8 Å². The average Bonchev–Trinajstić information content (AvgIpc) is 2.74. The number of anilines is 2. The Balaban J connectivity index is 1.61. The topological polar surface area (TPSA) is 71.1 Å². The van der Waals surface area contributed by atoms with Crippen LogP contribution in [-0.2, 0) is 11.0 Å². The fourth-order valence-corrected chi connectivity index (χ4v) is 3.12. The van der Waals surface area contributed by atoms with Gasteiger partial charge in [0.15, 0.2) is 0 Å². The van der Waals surface area contributed by atoms with Gasteiger partial charge in [-0.3, -0.25) is 9.59 Å². The van der Waals surface area contributed by atoms with Gasteiger partial charge in [-0.2, -0.15) is 13.2 Å². The van der Waals surface area contributed by atoms with Crippen LogP contribution in [0.5, 0.6) is 0 Å². The number of amides is 2. The summed E-state index contributed by atoms with van der Waals surface area (Å²) in [7, 11) is 0. The number of halogens is 4. The van der Waals surface area contributed by atoms with E-state index in [4.69, 9.17) is 0 Å². The highest BCUT2D eigenvalue weighted by molar-refractivity contribution is 7.99. The number of benzene rings is 2. The largest absolute Gasteiger partial charge is 0.417 e. The molecule has 160 valence electrons. The second-order valence-electron chi connectivity index (χ2n) is 6.23. The van der Waals surface area contributed by atoms with Crippen LogP contribution in [0.2, 0.25) is 0 Å². The van der Waals surface area contributed by atoms with Crippen LogP contribution in [0, 0.1) is 5.82 Å². The first-order chi connectivity index (χ1) is 14.7. The van der Waals surface area contributed by atoms with Gasteiger partial charge < -0.3 is 10.6 Å². The predicted octanol–water partition coefficient (Wildman–Crippen LogP) is 5.22.